The molecular formula is C9H16O2. The van der Waals surface area contributed by atoms with Crippen LogP contribution in [0.2, 0.25) is 0 Å². The van der Waals surface area contributed by atoms with Crippen molar-refractivity contribution >= 4 is 0 Å². The molecule has 2 nitrogen and oxygen atoms in total. The SMILES string of the molecule is C1CCC(OOC2CCC2)C1. The Bertz CT molecular complexity index is 115. The lowest BCUT2D eigenvalue weighted by Crippen LogP contribution is -2.24. The number of rotatable bonds is 3. The number of hydrogen-bond donors (Lipinski definition) is 0. The van der Waals surface area contributed by atoms with E-state index in [0.29, 0.717) is 12.2 Å². The third-order valence-corrected chi connectivity index (χ3v) is 2.68. The third kappa shape index (κ3) is 1.94. The van der Waals surface area contributed by atoms with Crippen LogP contribution in [0, 0.1) is 0 Å². The van der Waals surface area contributed by atoms with E-state index >= 15 is 0 Å². The molecule has 0 spiro atoms. The van der Waals surface area contributed by atoms with Crippen LogP contribution in [0.15, 0.2) is 0 Å². The molecule has 2 rings (SSSR count). The Labute approximate surface area is 67.8 Å². The fraction of sp³-hybridized carbons (Fsp3) is 1.00. The predicted molar refractivity (Wildman–Crippen MR) is 42.1 cm³/mol. The third-order valence-electron chi connectivity index (χ3n) is 2.68. The number of hydrogen-bond acceptors (Lipinski definition) is 2. The Morgan fingerprint density at radius 2 is 1.09 bits per heavy atom. The maximum absolute atomic E-state index is 5.31. The highest BCUT2D eigenvalue weighted by Gasteiger charge is 2.22. The van der Waals surface area contributed by atoms with E-state index in [0.717, 1.165) is 0 Å². The maximum Gasteiger partial charge on any atom is 0.0930 e. The van der Waals surface area contributed by atoms with Crippen LogP contribution in [-0.2, 0) is 9.78 Å². The van der Waals surface area contributed by atoms with Crippen molar-refractivity contribution in [2.24, 2.45) is 0 Å². The Morgan fingerprint density at radius 3 is 1.45 bits per heavy atom. The first-order valence-corrected chi connectivity index (χ1v) is 4.77. The van der Waals surface area contributed by atoms with Gasteiger partial charge in [0.1, 0.15) is 0 Å². The summed E-state index contributed by atoms with van der Waals surface area (Å²) >= 11 is 0. The minimum atomic E-state index is 0.413. The van der Waals surface area contributed by atoms with Crippen LogP contribution in [0.25, 0.3) is 0 Å². The molecule has 0 radical (unpaired) electrons. The summed E-state index contributed by atoms with van der Waals surface area (Å²) in [7, 11) is 0. The summed E-state index contributed by atoms with van der Waals surface area (Å²) < 4.78 is 0. The van der Waals surface area contributed by atoms with Crippen molar-refractivity contribution in [3.8, 4) is 0 Å². The van der Waals surface area contributed by atoms with Gasteiger partial charge in [-0.15, -0.1) is 0 Å². The van der Waals surface area contributed by atoms with Crippen LogP contribution in [0.5, 0.6) is 0 Å². The fourth-order valence-electron chi connectivity index (χ4n) is 1.61. The molecule has 0 N–H and O–H groups in total. The zero-order valence-corrected chi connectivity index (χ0v) is 6.92. The van der Waals surface area contributed by atoms with Gasteiger partial charge in [-0.3, -0.25) is 0 Å². The first kappa shape index (κ1) is 7.56. The Morgan fingerprint density at radius 1 is 0.636 bits per heavy atom. The van der Waals surface area contributed by atoms with Crippen LogP contribution in [-0.4, -0.2) is 12.2 Å². The van der Waals surface area contributed by atoms with E-state index in [1.54, 1.807) is 0 Å². The van der Waals surface area contributed by atoms with E-state index in [9.17, 15) is 0 Å². The summed E-state index contributed by atoms with van der Waals surface area (Å²) in [5.74, 6) is 0. The maximum atomic E-state index is 5.31. The molecule has 2 aliphatic rings. The van der Waals surface area contributed by atoms with Gasteiger partial charge in [-0.2, -0.15) is 0 Å². The van der Waals surface area contributed by atoms with Gasteiger partial charge in [0, 0.05) is 0 Å². The van der Waals surface area contributed by atoms with E-state index in [1.807, 2.05) is 0 Å². The molecule has 0 aliphatic heterocycles. The average molecular weight is 156 g/mol. The molecule has 0 aromatic heterocycles. The van der Waals surface area contributed by atoms with E-state index < -0.39 is 0 Å². The van der Waals surface area contributed by atoms with E-state index in [2.05, 4.69) is 0 Å². The van der Waals surface area contributed by atoms with Gasteiger partial charge >= 0.3 is 0 Å². The first-order valence-electron chi connectivity index (χ1n) is 4.77. The fourth-order valence-corrected chi connectivity index (χ4v) is 1.61. The van der Waals surface area contributed by atoms with Crippen LogP contribution >= 0.6 is 0 Å². The van der Waals surface area contributed by atoms with E-state index in [1.165, 1.54) is 44.9 Å². The molecule has 64 valence electrons. The second-order valence-electron chi connectivity index (χ2n) is 3.65. The highest BCUT2D eigenvalue weighted by molar-refractivity contribution is 4.68. The van der Waals surface area contributed by atoms with Gasteiger partial charge in [0.25, 0.3) is 0 Å². The molecule has 0 bridgehead atoms. The lowest BCUT2D eigenvalue weighted by molar-refractivity contribution is -0.360. The summed E-state index contributed by atoms with van der Waals surface area (Å²) in [5.41, 5.74) is 0. The summed E-state index contributed by atoms with van der Waals surface area (Å²) in [5, 5.41) is 0. The summed E-state index contributed by atoms with van der Waals surface area (Å²) in [6.07, 6.45) is 9.60. The predicted octanol–water partition coefficient (Wildman–Crippen LogP) is 2.43. The van der Waals surface area contributed by atoms with Crippen molar-refractivity contribution < 1.29 is 9.78 Å². The molecule has 0 unspecified atom stereocenters. The van der Waals surface area contributed by atoms with Gasteiger partial charge < -0.3 is 0 Å². The van der Waals surface area contributed by atoms with Crippen LogP contribution in [0.4, 0.5) is 0 Å². The molecule has 0 aromatic carbocycles. The van der Waals surface area contributed by atoms with Crippen molar-refractivity contribution in [3.63, 3.8) is 0 Å². The van der Waals surface area contributed by atoms with Crippen LogP contribution in [0.3, 0.4) is 0 Å². The average Bonchev–Trinajstić information content (AvgIpc) is 2.36. The Balaban J connectivity index is 1.57. The van der Waals surface area contributed by atoms with E-state index in [4.69, 9.17) is 9.78 Å². The molecule has 11 heavy (non-hydrogen) atoms. The van der Waals surface area contributed by atoms with Crippen molar-refractivity contribution in [1.29, 1.82) is 0 Å². The highest BCUT2D eigenvalue weighted by atomic mass is 17.2. The molecule has 2 fully saturated rings. The smallest absolute Gasteiger partial charge is 0.0930 e. The van der Waals surface area contributed by atoms with Crippen molar-refractivity contribution in [1.82, 2.24) is 0 Å². The summed E-state index contributed by atoms with van der Waals surface area (Å²) in [4.78, 5) is 10.6. The minimum Gasteiger partial charge on any atom is -0.233 e. The van der Waals surface area contributed by atoms with Gasteiger partial charge in [0.05, 0.1) is 12.2 Å². The molecule has 0 saturated heterocycles. The molecule has 2 aliphatic carbocycles. The van der Waals surface area contributed by atoms with Gasteiger partial charge in [-0.25, -0.2) is 9.78 Å². The van der Waals surface area contributed by atoms with E-state index in [-0.39, 0.29) is 0 Å². The summed E-state index contributed by atoms with van der Waals surface area (Å²) in [6.45, 7) is 0. The standard InChI is InChI=1S/C9H16O2/c1-2-5-8(4-1)10-11-9-6-3-7-9/h8-9H,1-7H2. The van der Waals surface area contributed by atoms with Gasteiger partial charge in [0.2, 0.25) is 0 Å². The van der Waals surface area contributed by atoms with Gasteiger partial charge in [0.15, 0.2) is 0 Å². The summed E-state index contributed by atoms with van der Waals surface area (Å²) in [6, 6.07) is 0. The van der Waals surface area contributed by atoms with Gasteiger partial charge in [-0.05, 0) is 32.1 Å². The minimum absolute atomic E-state index is 0.413. The highest BCUT2D eigenvalue weighted by Crippen LogP contribution is 2.26. The molecule has 0 aromatic rings. The molecule has 0 heterocycles. The monoisotopic (exact) mass is 156 g/mol. The Hall–Kier alpha value is -0.0800. The molecule has 2 saturated carbocycles. The second kappa shape index (κ2) is 3.55. The quantitative estimate of drug-likeness (QED) is 0.461. The van der Waals surface area contributed by atoms with Crippen molar-refractivity contribution in [3.05, 3.63) is 0 Å². The molecular weight excluding hydrogens is 140 g/mol. The van der Waals surface area contributed by atoms with Crippen molar-refractivity contribution in [2.45, 2.75) is 57.2 Å². The molecule has 0 atom stereocenters. The Kier molecular flexibility index (Phi) is 2.44. The zero-order chi connectivity index (χ0) is 7.52. The molecule has 2 heteroatoms. The first-order chi connectivity index (χ1) is 5.45. The normalized spacial score (nSPS) is 27.3. The second-order valence-corrected chi connectivity index (χ2v) is 3.65. The van der Waals surface area contributed by atoms with Crippen LogP contribution < -0.4 is 0 Å². The van der Waals surface area contributed by atoms with Crippen LogP contribution in [0.1, 0.15) is 44.9 Å². The lowest BCUT2D eigenvalue weighted by atomic mass is 9.97. The van der Waals surface area contributed by atoms with Crippen molar-refractivity contribution in [2.75, 3.05) is 0 Å². The topological polar surface area (TPSA) is 18.5 Å². The van der Waals surface area contributed by atoms with Gasteiger partial charge in [-0.1, -0.05) is 12.8 Å². The molecule has 0 amide bonds. The lowest BCUT2D eigenvalue weighted by Gasteiger charge is -2.25. The largest absolute Gasteiger partial charge is 0.233 e. The zero-order valence-electron chi connectivity index (χ0n) is 6.92.